The van der Waals surface area contributed by atoms with Crippen LogP contribution in [0.15, 0.2) is 0 Å². The topological polar surface area (TPSA) is 20.2 Å². The zero-order valence-electron chi connectivity index (χ0n) is 13.4. The number of aliphatic hydroxyl groups is 1. The van der Waals surface area contributed by atoms with Crippen molar-refractivity contribution >= 4 is 0 Å². The van der Waals surface area contributed by atoms with E-state index in [0.29, 0.717) is 5.92 Å². The number of aliphatic hydroxyl groups excluding tert-OH is 1. The van der Waals surface area contributed by atoms with Gasteiger partial charge in [-0.25, -0.2) is 0 Å². The minimum Gasteiger partial charge on any atom is -0.393 e. The van der Waals surface area contributed by atoms with Crippen LogP contribution in [0, 0.1) is 11.8 Å². The van der Waals surface area contributed by atoms with E-state index in [9.17, 15) is 5.11 Å². The van der Waals surface area contributed by atoms with Crippen LogP contribution in [0.5, 0.6) is 0 Å². The van der Waals surface area contributed by atoms with Crippen LogP contribution in [0.25, 0.3) is 0 Å². The minimum absolute atomic E-state index is 0.0263. The lowest BCUT2D eigenvalue weighted by Gasteiger charge is -2.17. The Morgan fingerprint density at radius 1 is 0.842 bits per heavy atom. The molecule has 2 atom stereocenters. The van der Waals surface area contributed by atoms with Gasteiger partial charge >= 0.3 is 0 Å². The Hall–Kier alpha value is -0.0400. The molecule has 0 saturated heterocycles. The third-order valence-corrected chi connectivity index (χ3v) is 4.83. The summed E-state index contributed by atoms with van der Waals surface area (Å²) < 4.78 is 0. The Kier molecular flexibility index (Phi) is 9.59. The first-order valence-electron chi connectivity index (χ1n) is 8.93. The van der Waals surface area contributed by atoms with E-state index < -0.39 is 0 Å². The lowest BCUT2D eigenvalue weighted by molar-refractivity contribution is 0.0936. The Labute approximate surface area is 121 Å². The van der Waals surface area contributed by atoms with Crippen LogP contribution in [0.2, 0.25) is 0 Å². The van der Waals surface area contributed by atoms with E-state index in [4.69, 9.17) is 0 Å². The molecule has 1 heteroatoms. The highest BCUT2D eigenvalue weighted by Crippen LogP contribution is 2.39. The van der Waals surface area contributed by atoms with Crippen molar-refractivity contribution in [3.8, 4) is 0 Å². The SMILES string of the molecule is CCCCCCCCCCCCC(O)C(C)C1CC1. The van der Waals surface area contributed by atoms with Gasteiger partial charge in [-0.15, -0.1) is 0 Å². The Morgan fingerprint density at radius 2 is 1.32 bits per heavy atom. The molecule has 114 valence electrons. The van der Waals surface area contributed by atoms with E-state index in [1.54, 1.807) is 0 Å². The summed E-state index contributed by atoms with van der Waals surface area (Å²) in [4.78, 5) is 0. The molecule has 1 rings (SSSR count). The molecule has 0 radical (unpaired) electrons. The highest BCUT2D eigenvalue weighted by atomic mass is 16.3. The van der Waals surface area contributed by atoms with Crippen molar-refractivity contribution in [1.29, 1.82) is 0 Å². The van der Waals surface area contributed by atoms with Gasteiger partial charge in [-0.2, -0.15) is 0 Å². The van der Waals surface area contributed by atoms with Crippen molar-refractivity contribution in [1.82, 2.24) is 0 Å². The molecule has 0 bridgehead atoms. The van der Waals surface area contributed by atoms with Crippen molar-refractivity contribution in [2.45, 2.75) is 103 Å². The zero-order chi connectivity index (χ0) is 13.9. The van der Waals surface area contributed by atoms with Crippen LogP contribution in [0.1, 0.15) is 97.3 Å². The third-order valence-electron chi connectivity index (χ3n) is 4.83. The van der Waals surface area contributed by atoms with Crippen molar-refractivity contribution in [3.63, 3.8) is 0 Å². The second-order valence-corrected chi connectivity index (χ2v) is 6.73. The molecule has 1 saturated carbocycles. The van der Waals surface area contributed by atoms with Crippen molar-refractivity contribution in [2.75, 3.05) is 0 Å². The summed E-state index contributed by atoms with van der Waals surface area (Å²) in [6.45, 7) is 4.51. The van der Waals surface area contributed by atoms with Gasteiger partial charge in [-0.05, 0) is 31.1 Å². The fraction of sp³-hybridized carbons (Fsp3) is 1.00. The maximum absolute atomic E-state index is 10.1. The molecule has 1 nitrogen and oxygen atoms in total. The fourth-order valence-corrected chi connectivity index (χ4v) is 3.04. The Balaban J connectivity index is 1.78. The largest absolute Gasteiger partial charge is 0.393 e. The normalized spacial score (nSPS) is 18.5. The summed E-state index contributed by atoms with van der Waals surface area (Å²) in [6.07, 6.45) is 17.5. The summed E-state index contributed by atoms with van der Waals surface area (Å²) in [5.74, 6) is 1.40. The molecule has 0 aromatic heterocycles. The standard InChI is InChI=1S/C18H36O/c1-3-4-5-6-7-8-9-10-11-12-13-18(19)16(2)17-14-15-17/h16-19H,3-15H2,1-2H3. The maximum atomic E-state index is 10.1. The maximum Gasteiger partial charge on any atom is 0.0568 e. The van der Waals surface area contributed by atoms with Gasteiger partial charge in [0.1, 0.15) is 0 Å². The van der Waals surface area contributed by atoms with E-state index >= 15 is 0 Å². The molecule has 0 aromatic rings. The van der Waals surface area contributed by atoms with Gasteiger partial charge < -0.3 is 5.11 Å². The number of hydrogen-bond donors (Lipinski definition) is 1. The average Bonchev–Trinajstić information content (AvgIpc) is 3.24. The van der Waals surface area contributed by atoms with Gasteiger partial charge in [0.2, 0.25) is 0 Å². The molecular weight excluding hydrogens is 232 g/mol. The first-order chi connectivity index (χ1) is 9.25. The average molecular weight is 268 g/mol. The fourth-order valence-electron chi connectivity index (χ4n) is 3.04. The van der Waals surface area contributed by atoms with E-state index in [1.807, 2.05) is 0 Å². The van der Waals surface area contributed by atoms with Gasteiger partial charge in [0.25, 0.3) is 0 Å². The van der Waals surface area contributed by atoms with Crippen LogP contribution in [0.3, 0.4) is 0 Å². The first kappa shape index (κ1) is 17.0. The third kappa shape index (κ3) is 8.68. The van der Waals surface area contributed by atoms with Crippen molar-refractivity contribution < 1.29 is 5.11 Å². The van der Waals surface area contributed by atoms with Crippen molar-refractivity contribution in [2.24, 2.45) is 11.8 Å². The minimum atomic E-state index is -0.0263. The van der Waals surface area contributed by atoms with Crippen LogP contribution in [-0.2, 0) is 0 Å². The lowest BCUT2D eigenvalue weighted by atomic mass is 9.94. The number of hydrogen-bond acceptors (Lipinski definition) is 1. The van der Waals surface area contributed by atoms with Gasteiger partial charge in [-0.1, -0.05) is 78.1 Å². The smallest absolute Gasteiger partial charge is 0.0568 e. The molecular formula is C18H36O. The lowest BCUT2D eigenvalue weighted by Crippen LogP contribution is -2.19. The Bertz CT molecular complexity index is 198. The van der Waals surface area contributed by atoms with Crippen LogP contribution in [-0.4, -0.2) is 11.2 Å². The molecule has 0 spiro atoms. The van der Waals surface area contributed by atoms with Crippen molar-refractivity contribution in [3.05, 3.63) is 0 Å². The molecule has 0 heterocycles. The summed E-state index contributed by atoms with van der Waals surface area (Å²) in [6, 6.07) is 0. The molecule has 1 aliphatic carbocycles. The van der Waals surface area contributed by atoms with Crippen LogP contribution >= 0.6 is 0 Å². The highest BCUT2D eigenvalue weighted by molar-refractivity contribution is 4.82. The quantitative estimate of drug-likeness (QED) is 0.424. The second-order valence-electron chi connectivity index (χ2n) is 6.73. The van der Waals surface area contributed by atoms with E-state index in [0.717, 1.165) is 12.3 Å². The first-order valence-corrected chi connectivity index (χ1v) is 8.93. The number of unbranched alkanes of at least 4 members (excludes halogenated alkanes) is 9. The van der Waals surface area contributed by atoms with Crippen LogP contribution in [0.4, 0.5) is 0 Å². The van der Waals surface area contributed by atoms with Gasteiger partial charge in [0.15, 0.2) is 0 Å². The monoisotopic (exact) mass is 268 g/mol. The van der Waals surface area contributed by atoms with Crippen LogP contribution < -0.4 is 0 Å². The molecule has 2 unspecified atom stereocenters. The predicted molar refractivity (Wildman–Crippen MR) is 84.4 cm³/mol. The second kappa shape index (κ2) is 10.7. The highest BCUT2D eigenvalue weighted by Gasteiger charge is 2.31. The Morgan fingerprint density at radius 3 is 1.79 bits per heavy atom. The summed E-state index contributed by atoms with van der Waals surface area (Å²) in [5.41, 5.74) is 0. The van der Waals surface area contributed by atoms with Gasteiger partial charge in [0.05, 0.1) is 6.10 Å². The number of rotatable bonds is 13. The molecule has 1 N–H and O–H groups in total. The molecule has 0 aromatic carbocycles. The summed E-state index contributed by atoms with van der Waals surface area (Å²) in [5, 5.41) is 10.1. The molecule has 0 amide bonds. The summed E-state index contributed by atoms with van der Waals surface area (Å²) >= 11 is 0. The van der Waals surface area contributed by atoms with E-state index in [-0.39, 0.29) is 6.10 Å². The zero-order valence-corrected chi connectivity index (χ0v) is 13.4. The predicted octanol–water partition coefficient (Wildman–Crippen LogP) is 5.70. The molecule has 1 fully saturated rings. The van der Waals surface area contributed by atoms with E-state index in [2.05, 4.69) is 13.8 Å². The van der Waals surface area contributed by atoms with Gasteiger partial charge in [-0.3, -0.25) is 0 Å². The molecule has 0 aliphatic heterocycles. The van der Waals surface area contributed by atoms with Gasteiger partial charge in [0, 0.05) is 0 Å². The summed E-state index contributed by atoms with van der Waals surface area (Å²) in [7, 11) is 0. The van der Waals surface area contributed by atoms with E-state index in [1.165, 1.54) is 77.0 Å². The molecule has 19 heavy (non-hydrogen) atoms. The molecule has 1 aliphatic rings.